The molecule has 0 radical (unpaired) electrons. The number of ether oxygens (including phenoxy) is 1. The van der Waals surface area contributed by atoms with Crippen LogP contribution in [0.15, 0.2) is 30.5 Å². The SMILES string of the molecule is O=Cc1cn(-c2ccccc2[N+](=O)[O-])nc1C1CCCO1. The van der Waals surface area contributed by atoms with Crippen molar-refractivity contribution >= 4 is 12.0 Å². The number of nitrogens with zero attached hydrogens (tertiary/aromatic N) is 3. The monoisotopic (exact) mass is 287 g/mol. The van der Waals surface area contributed by atoms with Gasteiger partial charge in [0.1, 0.15) is 17.5 Å². The number of hydrogen-bond donors (Lipinski definition) is 0. The van der Waals surface area contributed by atoms with Gasteiger partial charge in [-0.3, -0.25) is 14.9 Å². The molecule has 1 aliphatic heterocycles. The predicted octanol–water partition coefficient (Wildman–Crippen LogP) is 2.44. The molecule has 1 fully saturated rings. The lowest BCUT2D eigenvalue weighted by Gasteiger charge is -2.06. The third-order valence-electron chi connectivity index (χ3n) is 3.46. The second-order valence-electron chi connectivity index (χ2n) is 4.78. The van der Waals surface area contributed by atoms with Crippen LogP contribution in [0.25, 0.3) is 5.69 Å². The standard InChI is InChI=1S/C14H13N3O4/c18-9-10-8-16(15-14(10)13-6-3-7-21-13)11-4-1-2-5-12(11)17(19)20/h1-2,4-5,8-9,13H,3,6-7H2. The van der Waals surface area contributed by atoms with Gasteiger partial charge in [0.2, 0.25) is 0 Å². The van der Waals surface area contributed by atoms with E-state index in [4.69, 9.17) is 4.74 Å². The summed E-state index contributed by atoms with van der Waals surface area (Å²) in [6, 6.07) is 6.28. The average Bonchev–Trinajstić information content (AvgIpc) is 3.15. The molecule has 0 saturated carbocycles. The third-order valence-corrected chi connectivity index (χ3v) is 3.46. The molecule has 2 aromatic rings. The number of hydrogen-bond acceptors (Lipinski definition) is 5. The van der Waals surface area contributed by atoms with Gasteiger partial charge in [0.15, 0.2) is 6.29 Å². The number of nitro benzene ring substituents is 1. The number of rotatable bonds is 4. The number of para-hydroxylation sites is 2. The van der Waals surface area contributed by atoms with E-state index in [2.05, 4.69) is 5.10 Å². The van der Waals surface area contributed by atoms with Crippen molar-refractivity contribution in [2.45, 2.75) is 18.9 Å². The molecular weight excluding hydrogens is 274 g/mol. The maximum atomic E-state index is 11.2. The highest BCUT2D eigenvalue weighted by molar-refractivity contribution is 5.76. The Hall–Kier alpha value is -2.54. The predicted molar refractivity (Wildman–Crippen MR) is 73.5 cm³/mol. The molecule has 2 heterocycles. The minimum atomic E-state index is -0.469. The molecule has 1 aromatic carbocycles. The van der Waals surface area contributed by atoms with Gasteiger partial charge >= 0.3 is 0 Å². The molecule has 0 bridgehead atoms. The summed E-state index contributed by atoms with van der Waals surface area (Å²) in [5.41, 5.74) is 1.21. The fourth-order valence-corrected chi connectivity index (χ4v) is 2.47. The lowest BCUT2D eigenvalue weighted by Crippen LogP contribution is -2.03. The van der Waals surface area contributed by atoms with Crippen LogP contribution in [0.5, 0.6) is 0 Å². The van der Waals surface area contributed by atoms with E-state index < -0.39 is 4.92 Å². The van der Waals surface area contributed by atoms with Gasteiger partial charge in [-0.15, -0.1) is 0 Å². The van der Waals surface area contributed by atoms with E-state index in [1.54, 1.807) is 18.2 Å². The molecule has 7 heteroatoms. The Morgan fingerprint density at radius 3 is 2.90 bits per heavy atom. The van der Waals surface area contributed by atoms with E-state index in [1.165, 1.54) is 16.9 Å². The Morgan fingerprint density at radius 2 is 2.24 bits per heavy atom. The van der Waals surface area contributed by atoms with E-state index in [1.807, 2.05) is 0 Å². The van der Waals surface area contributed by atoms with Crippen molar-refractivity contribution in [3.05, 3.63) is 51.8 Å². The summed E-state index contributed by atoms with van der Waals surface area (Å²) in [5.74, 6) is 0. The third kappa shape index (κ3) is 2.43. The van der Waals surface area contributed by atoms with E-state index in [-0.39, 0.29) is 11.8 Å². The van der Waals surface area contributed by atoms with Gasteiger partial charge in [-0.1, -0.05) is 12.1 Å². The summed E-state index contributed by atoms with van der Waals surface area (Å²) in [6.07, 6.45) is 3.71. The van der Waals surface area contributed by atoms with Crippen molar-refractivity contribution in [2.75, 3.05) is 6.61 Å². The molecule has 1 aliphatic rings. The number of aromatic nitrogens is 2. The summed E-state index contributed by atoms with van der Waals surface area (Å²) < 4.78 is 6.91. The van der Waals surface area contributed by atoms with Crippen molar-refractivity contribution in [3.8, 4) is 5.69 Å². The van der Waals surface area contributed by atoms with Gasteiger partial charge in [0.25, 0.3) is 5.69 Å². The summed E-state index contributed by atoms with van der Waals surface area (Å²) in [7, 11) is 0. The molecule has 0 spiro atoms. The van der Waals surface area contributed by atoms with Crippen LogP contribution in [0, 0.1) is 10.1 Å². The summed E-state index contributed by atoms with van der Waals surface area (Å²) in [6.45, 7) is 0.640. The van der Waals surface area contributed by atoms with Crippen molar-refractivity contribution in [1.82, 2.24) is 9.78 Å². The zero-order valence-electron chi connectivity index (χ0n) is 11.1. The molecule has 0 aliphatic carbocycles. The average molecular weight is 287 g/mol. The van der Waals surface area contributed by atoms with Crippen LogP contribution < -0.4 is 0 Å². The second kappa shape index (κ2) is 5.45. The summed E-state index contributed by atoms with van der Waals surface area (Å²) in [5, 5.41) is 15.4. The first-order valence-corrected chi connectivity index (χ1v) is 6.61. The smallest absolute Gasteiger partial charge is 0.294 e. The number of benzene rings is 1. The highest BCUT2D eigenvalue weighted by atomic mass is 16.6. The number of aldehydes is 1. The molecule has 3 rings (SSSR count). The molecular formula is C14H13N3O4. The van der Waals surface area contributed by atoms with Crippen LogP contribution in [0.3, 0.4) is 0 Å². The van der Waals surface area contributed by atoms with E-state index in [9.17, 15) is 14.9 Å². The van der Waals surface area contributed by atoms with Crippen LogP contribution in [0.4, 0.5) is 5.69 Å². The first-order valence-electron chi connectivity index (χ1n) is 6.61. The minimum absolute atomic E-state index is 0.0589. The van der Waals surface area contributed by atoms with Crippen LogP contribution in [-0.2, 0) is 4.74 Å². The van der Waals surface area contributed by atoms with Crippen LogP contribution >= 0.6 is 0 Å². The second-order valence-corrected chi connectivity index (χ2v) is 4.78. The molecule has 1 unspecified atom stereocenters. The fraction of sp³-hybridized carbons (Fsp3) is 0.286. The minimum Gasteiger partial charge on any atom is -0.372 e. The van der Waals surface area contributed by atoms with Crippen LogP contribution in [0.1, 0.15) is 35.0 Å². The maximum Gasteiger partial charge on any atom is 0.294 e. The van der Waals surface area contributed by atoms with Gasteiger partial charge < -0.3 is 4.74 Å². The maximum absolute atomic E-state index is 11.2. The zero-order chi connectivity index (χ0) is 14.8. The Morgan fingerprint density at radius 1 is 1.43 bits per heavy atom. The number of carbonyl (C=O) groups is 1. The quantitative estimate of drug-likeness (QED) is 0.489. The van der Waals surface area contributed by atoms with Gasteiger partial charge in [0.05, 0.1) is 10.5 Å². The number of nitro groups is 1. The summed E-state index contributed by atoms with van der Waals surface area (Å²) in [4.78, 5) is 21.8. The molecule has 0 amide bonds. The Kier molecular flexibility index (Phi) is 3.49. The van der Waals surface area contributed by atoms with Gasteiger partial charge in [-0.25, -0.2) is 4.68 Å². The first kappa shape index (κ1) is 13.4. The molecule has 21 heavy (non-hydrogen) atoms. The molecule has 1 atom stereocenters. The van der Waals surface area contributed by atoms with Gasteiger partial charge in [-0.05, 0) is 18.9 Å². The molecule has 1 saturated heterocycles. The Bertz CT molecular complexity index is 689. The van der Waals surface area contributed by atoms with Crippen molar-refractivity contribution < 1.29 is 14.5 Å². The highest BCUT2D eigenvalue weighted by Crippen LogP contribution is 2.31. The van der Waals surface area contributed by atoms with Crippen molar-refractivity contribution in [1.29, 1.82) is 0 Å². The van der Waals surface area contributed by atoms with Crippen molar-refractivity contribution in [3.63, 3.8) is 0 Å². The lowest BCUT2D eigenvalue weighted by atomic mass is 10.1. The molecule has 0 N–H and O–H groups in total. The Labute approximate surface area is 120 Å². The topological polar surface area (TPSA) is 87.3 Å². The molecule has 108 valence electrons. The largest absolute Gasteiger partial charge is 0.372 e. The normalized spacial score (nSPS) is 17.8. The summed E-state index contributed by atoms with van der Waals surface area (Å²) >= 11 is 0. The first-order chi connectivity index (χ1) is 10.2. The molecule has 7 nitrogen and oxygen atoms in total. The fourth-order valence-electron chi connectivity index (χ4n) is 2.47. The van der Waals surface area contributed by atoms with Gasteiger partial charge in [0, 0.05) is 18.9 Å². The van der Waals surface area contributed by atoms with Crippen LogP contribution in [0.2, 0.25) is 0 Å². The van der Waals surface area contributed by atoms with E-state index >= 15 is 0 Å². The lowest BCUT2D eigenvalue weighted by molar-refractivity contribution is -0.384. The Balaban J connectivity index is 2.07. The van der Waals surface area contributed by atoms with E-state index in [0.717, 1.165) is 12.8 Å². The van der Waals surface area contributed by atoms with Crippen molar-refractivity contribution in [2.24, 2.45) is 0 Å². The van der Waals surface area contributed by atoms with Crippen LogP contribution in [-0.4, -0.2) is 27.6 Å². The highest BCUT2D eigenvalue weighted by Gasteiger charge is 2.25. The number of carbonyl (C=O) groups excluding carboxylic acids is 1. The van der Waals surface area contributed by atoms with E-state index in [0.29, 0.717) is 29.8 Å². The zero-order valence-corrected chi connectivity index (χ0v) is 11.1. The van der Waals surface area contributed by atoms with Gasteiger partial charge in [-0.2, -0.15) is 5.10 Å². The molecule has 1 aromatic heterocycles.